The lowest BCUT2D eigenvalue weighted by molar-refractivity contribution is 0.710. The zero-order chi connectivity index (χ0) is 13.0. The molecule has 0 aliphatic carbocycles. The summed E-state index contributed by atoms with van der Waals surface area (Å²) in [4.78, 5) is 4.67. The Hall–Kier alpha value is -0.230. The second-order valence-electron chi connectivity index (χ2n) is 3.88. The third kappa shape index (κ3) is 3.63. The van der Waals surface area contributed by atoms with Gasteiger partial charge >= 0.3 is 0 Å². The van der Waals surface area contributed by atoms with Crippen molar-refractivity contribution in [2.24, 2.45) is 0 Å². The minimum Gasteiger partial charge on any atom is -0.317 e. The average molecular weight is 390 g/mol. The zero-order valence-electron chi connectivity index (χ0n) is 10.0. The molecule has 2 aromatic rings. The molecule has 0 saturated carbocycles. The van der Waals surface area contributed by atoms with E-state index in [0.29, 0.717) is 0 Å². The smallest absolute Gasteiger partial charge is 0.123 e. The maximum absolute atomic E-state index is 4.67. The van der Waals surface area contributed by atoms with Crippen LogP contribution < -0.4 is 5.32 Å². The van der Waals surface area contributed by atoms with Gasteiger partial charge < -0.3 is 5.32 Å². The van der Waals surface area contributed by atoms with E-state index in [2.05, 4.69) is 66.6 Å². The predicted molar refractivity (Wildman–Crippen MR) is 85.2 cm³/mol. The van der Waals surface area contributed by atoms with Gasteiger partial charge in [0.15, 0.2) is 0 Å². The van der Waals surface area contributed by atoms with Gasteiger partial charge in [-0.15, -0.1) is 11.3 Å². The fourth-order valence-corrected chi connectivity index (χ4v) is 3.05. The van der Waals surface area contributed by atoms with Crippen LogP contribution in [-0.2, 0) is 6.42 Å². The van der Waals surface area contributed by atoms with Crippen LogP contribution >= 0.6 is 43.2 Å². The zero-order valence-corrected chi connectivity index (χ0v) is 14.0. The lowest BCUT2D eigenvalue weighted by atomic mass is 10.2. The van der Waals surface area contributed by atoms with Crippen LogP contribution in [0.5, 0.6) is 0 Å². The second-order valence-corrected chi connectivity index (χ2v) is 6.44. The molecular formula is C13H14Br2N2S. The summed E-state index contributed by atoms with van der Waals surface area (Å²) in [6.45, 7) is 4.12. The summed E-state index contributed by atoms with van der Waals surface area (Å²) >= 11 is 8.70. The molecule has 0 saturated heterocycles. The summed E-state index contributed by atoms with van der Waals surface area (Å²) in [6, 6.07) is 6.22. The van der Waals surface area contributed by atoms with Crippen LogP contribution in [0.3, 0.4) is 0 Å². The molecule has 1 aromatic heterocycles. The van der Waals surface area contributed by atoms with Gasteiger partial charge in [0.25, 0.3) is 0 Å². The van der Waals surface area contributed by atoms with Crippen molar-refractivity contribution < 1.29 is 0 Å². The molecule has 2 rings (SSSR count). The van der Waals surface area contributed by atoms with Gasteiger partial charge in [-0.3, -0.25) is 0 Å². The van der Waals surface area contributed by atoms with Crippen LogP contribution in [0.25, 0.3) is 10.6 Å². The molecule has 0 spiro atoms. The van der Waals surface area contributed by atoms with Crippen LogP contribution in [-0.4, -0.2) is 18.1 Å². The van der Waals surface area contributed by atoms with E-state index in [1.165, 1.54) is 0 Å². The van der Waals surface area contributed by atoms with Crippen LogP contribution in [0.15, 0.2) is 32.5 Å². The third-order valence-electron chi connectivity index (χ3n) is 2.53. The number of hydrogen-bond donors (Lipinski definition) is 1. The lowest BCUT2D eigenvalue weighted by Crippen LogP contribution is -2.16. The number of halogens is 2. The van der Waals surface area contributed by atoms with Crippen molar-refractivity contribution in [3.63, 3.8) is 0 Å². The van der Waals surface area contributed by atoms with Crippen molar-refractivity contribution in [2.45, 2.75) is 13.3 Å². The molecule has 0 fully saturated rings. The number of hydrogen-bond acceptors (Lipinski definition) is 3. The number of thiazole rings is 1. The molecule has 0 radical (unpaired) electrons. The van der Waals surface area contributed by atoms with Gasteiger partial charge in [0.05, 0.1) is 5.69 Å². The second kappa shape index (κ2) is 6.80. The van der Waals surface area contributed by atoms with E-state index in [1.54, 1.807) is 11.3 Å². The molecule has 1 N–H and O–H groups in total. The van der Waals surface area contributed by atoms with Gasteiger partial charge in [-0.05, 0) is 50.5 Å². The first-order chi connectivity index (χ1) is 8.70. The molecule has 0 unspecified atom stereocenters. The topological polar surface area (TPSA) is 24.9 Å². The van der Waals surface area contributed by atoms with Gasteiger partial charge in [-0.1, -0.05) is 13.0 Å². The molecule has 96 valence electrons. The normalized spacial score (nSPS) is 10.8. The average Bonchev–Trinajstić information content (AvgIpc) is 2.82. The third-order valence-corrected chi connectivity index (χ3v) is 5.35. The number of nitrogens with zero attached hydrogens (tertiary/aromatic N) is 1. The summed E-state index contributed by atoms with van der Waals surface area (Å²) in [5, 5.41) is 6.53. The van der Waals surface area contributed by atoms with Crippen LogP contribution in [0.4, 0.5) is 0 Å². The minimum atomic E-state index is 0.988. The first-order valence-corrected chi connectivity index (χ1v) is 8.28. The van der Waals surface area contributed by atoms with Crippen LogP contribution in [0.2, 0.25) is 0 Å². The van der Waals surface area contributed by atoms with E-state index >= 15 is 0 Å². The Bertz CT molecular complexity index is 525. The molecule has 1 aromatic carbocycles. The highest BCUT2D eigenvalue weighted by Gasteiger charge is 2.06. The number of benzene rings is 1. The van der Waals surface area contributed by atoms with Crippen molar-refractivity contribution in [2.75, 3.05) is 13.1 Å². The minimum absolute atomic E-state index is 0.988. The molecule has 0 atom stereocenters. The number of aromatic nitrogens is 1. The van der Waals surface area contributed by atoms with Crippen LogP contribution in [0, 0.1) is 0 Å². The van der Waals surface area contributed by atoms with Gasteiger partial charge in [-0.25, -0.2) is 4.98 Å². The summed E-state index contributed by atoms with van der Waals surface area (Å²) in [7, 11) is 0. The van der Waals surface area contributed by atoms with Gasteiger partial charge in [0.2, 0.25) is 0 Å². The van der Waals surface area contributed by atoms with Crippen molar-refractivity contribution in [3.8, 4) is 10.6 Å². The Kier molecular flexibility index (Phi) is 5.36. The number of likely N-dealkylation sites (N-methyl/N-ethyl adjacent to an activating group) is 1. The fraction of sp³-hybridized carbons (Fsp3) is 0.308. The van der Waals surface area contributed by atoms with Crippen molar-refractivity contribution in [1.29, 1.82) is 0 Å². The SMILES string of the molecule is CCNCCc1csc(-c2ccc(Br)c(Br)c2)n1. The molecule has 5 heteroatoms. The van der Waals surface area contributed by atoms with Gasteiger partial charge in [0, 0.05) is 32.9 Å². The van der Waals surface area contributed by atoms with Crippen molar-refractivity contribution in [3.05, 3.63) is 38.2 Å². The number of rotatable bonds is 5. The Morgan fingerprint density at radius 2 is 2.11 bits per heavy atom. The highest BCUT2D eigenvalue weighted by atomic mass is 79.9. The molecule has 18 heavy (non-hydrogen) atoms. The summed E-state index contributed by atoms with van der Waals surface area (Å²) < 4.78 is 2.12. The first kappa shape index (κ1) is 14.2. The molecule has 0 aliphatic rings. The maximum Gasteiger partial charge on any atom is 0.123 e. The summed E-state index contributed by atoms with van der Waals surface area (Å²) in [6.07, 6.45) is 0.988. The summed E-state index contributed by atoms with van der Waals surface area (Å²) in [5.74, 6) is 0. The molecule has 2 nitrogen and oxygen atoms in total. The van der Waals surface area contributed by atoms with E-state index in [-0.39, 0.29) is 0 Å². The van der Waals surface area contributed by atoms with Gasteiger partial charge in [-0.2, -0.15) is 0 Å². The van der Waals surface area contributed by atoms with E-state index in [0.717, 1.165) is 44.7 Å². The molecular weight excluding hydrogens is 376 g/mol. The first-order valence-electron chi connectivity index (χ1n) is 5.81. The molecule has 0 bridgehead atoms. The highest BCUT2D eigenvalue weighted by Crippen LogP contribution is 2.30. The van der Waals surface area contributed by atoms with Crippen LogP contribution in [0.1, 0.15) is 12.6 Å². The van der Waals surface area contributed by atoms with E-state index < -0.39 is 0 Å². The van der Waals surface area contributed by atoms with Gasteiger partial charge in [0.1, 0.15) is 5.01 Å². The molecule has 1 heterocycles. The fourth-order valence-electron chi connectivity index (χ4n) is 1.58. The lowest BCUT2D eigenvalue weighted by Gasteiger charge is -2.00. The number of nitrogens with one attached hydrogen (secondary N) is 1. The Morgan fingerprint density at radius 1 is 1.28 bits per heavy atom. The Morgan fingerprint density at radius 3 is 2.83 bits per heavy atom. The van der Waals surface area contributed by atoms with E-state index in [9.17, 15) is 0 Å². The molecule has 0 aliphatic heterocycles. The molecule has 0 amide bonds. The van der Waals surface area contributed by atoms with E-state index in [1.807, 2.05) is 6.07 Å². The Balaban J connectivity index is 2.11. The van der Waals surface area contributed by atoms with E-state index in [4.69, 9.17) is 0 Å². The highest BCUT2D eigenvalue weighted by molar-refractivity contribution is 9.13. The Labute approximate surface area is 128 Å². The summed E-state index contributed by atoms with van der Waals surface area (Å²) in [5.41, 5.74) is 2.32. The maximum atomic E-state index is 4.67. The largest absolute Gasteiger partial charge is 0.317 e. The standard InChI is InChI=1S/C13H14Br2N2S/c1-2-16-6-5-10-8-18-13(17-10)9-3-4-11(14)12(15)7-9/h3-4,7-8,16H,2,5-6H2,1H3. The quantitative estimate of drug-likeness (QED) is 0.762. The van der Waals surface area contributed by atoms with Crippen molar-refractivity contribution in [1.82, 2.24) is 10.3 Å². The van der Waals surface area contributed by atoms with Crippen molar-refractivity contribution >= 4 is 43.2 Å². The monoisotopic (exact) mass is 388 g/mol. The predicted octanol–water partition coefficient (Wildman–Crippen LogP) is 4.49.